The maximum absolute atomic E-state index is 11.3. The number of carboxylic acid groups (broad SMARTS) is 1. The van der Waals surface area contributed by atoms with Gasteiger partial charge in [-0.2, -0.15) is 4.89 Å². The number of hydrogen-bond acceptors (Lipinski definition) is 6. The van der Waals surface area contributed by atoms with Crippen molar-refractivity contribution in [1.82, 2.24) is 0 Å². The first kappa shape index (κ1) is 16.2. The molecule has 18 heavy (non-hydrogen) atoms. The van der Waals surface area contributed by atoms with Crippen molar-refractivity contribution in [1.29, 1.82) is 0 Å². The summed E-state index contributed by atoms with van der Waals surface area (Å²) in [5, 5.41) is 8.29. The Bertz CT molecular complexity index is 321. The molecule has 0 amide bonds. The van der Waals surface area contributed by atoms with Crippen molar-refractivity contribution < 1.29 is 33.9 Å². The highest BCUT2D eigenvalue weighted by atomic mass is 17.2. The summed E-state index contributed by atoms with van der Waals surface area (Å²) in [4.78, 5) is 31.2. The van der Waals surface area contributed by atoms with Crippen molar-refractivity contribution in [3.05, 3.63) is 12.3 Å². The Morgan fingerprint density at radius 2 is 1.89 bits per heavy atom. The molecule has 0 aromatic carbocycles. The minimum absolute atomic E-state index is 0.391. The van der Waals surface area contributed by atoms with E-state index in [1.807, 2.05) is 6.92 Å². The van der Waals surface area contributed by atoms with Crippen molar-refractivity contribution in [2.24, 2.45) is 0 Å². The van der Waals surface area contributed by atoms with Crippen molar-refractivity contribution in [3.8, 4) is 0 Å². The van der Waals surface area contributed by atoms with E-state index in [-0.39, 0.29) is 0 Å². The largest absolute Gasteiger partial charge is 0.508 e. The Morgan fingerprint density at radius 3 is 2.33 bits per heavy atom. The van der Waals surface area contributed by atoms with Crippen molar-refractivity contribution in [2.45, 2.75) is 46.0 Å². The average Bonchev–Trinajstić information content (AvgIpc) is 2.24. The molecule has 0 heterocycles. The van der Waals surface area contributed by atoms with Crippen LogP contribution in [0.25, 0.3) is 0 Å². The number of hydrogen-bond donors (Lipinski definition) is 1. The van der Waals surface area contributed by atoms with E-state index in [4.69, 9.17) is 14.9 Å². The van der Waals surface area contributed by atoms with Crippen molar-refractivity contribution in [2.75, 3.05) is 0 Å². The summed E-state index contributed by atoms with van der Waals surface area (Å²) >= 11 is 0. The fourth-order valence-electron chi connectivity index (χ4n) is 0.639. The topological polar surface area (TPSA) is 91.3 Å². The van der Waals surface area contributed by atoms with E-state index in [0.29, 0.717) is 6.42 Å². The van der Waals surface area contributed by atoms with Gasteiger partial charge in [0.25, 0.3) is 0 Å². The third kappa shape index (κ3) is 6.74. The molecule has 1 atom stereocenters. The molecule has 7 heteroatoms. The van der Waals surface area contributed by atoms with Crippen LogP contribution in [-0.2, 0) is 24.0 Å². The maximum Gasteiger partial charge on any atom is 0.508 e. The van der Waals surface area contributed by atoms with Crippen LogP contribution >= 0.6 is 0 Å². The molecular formula is C11H18O7. The van der Waals surface area contributed by atoms with E-state index in [2.05, 4.69) is 16.1 Å². The SMILES string of the molecule is C=C(OOC(C)(C)CC)C(=O)OC(C)OC(=O)O. The molecule has 0 aliphatic heterocycles. The predicted molar refractivity (Wildman–Crippen MR) is 60.3 cm³/mol. The van der Waals surface area contributed by atoms with Crippen LogP contribution in [-0.4, -0.2) is 29.1 Å². The van der Waals surface area contributed by atoms with E-state index in [1.54, 1.807) is 13.8 Å². The monoisotopic (exact) mass is 262 g/mol. The lowest BCUT2D eigenvalue weighted by molar-refractivity contribution is -0.326. The standard InChI is InChI=1S/C11H18O7/c1-6-11(4,5)18-17-7(2)9(12)15-8(3)16-10(13)14/h8H,2,6H2,1,3-5H3,(H,13,14). The first-order valence-electron chi connectivity index (χ1n) is 5.33. The molecule has 104 valence electrons. The first-order chi connectivity index (χ1) is 8.18. The van der Waals surface area contributed by atoms with Gasteiger partial charge in [0, 0.05) is 6.92 Å². The van der Waals surface area contributed by atoms with E-state index >= 15 is 0 Å². The van der Waals surface area contributed by atoms with E-state index < -0.39 is 29.8 Å². The second kappa shape index (κ2) is 6.85. The third-order valence-corrected chi connectivity index (χ3v) is 1.99. The third-order valence-electron chi connectivity index (χ3n) is 1.99. The first-order valence-corrected chi connectivity index (χ1v) is 5.33. The molecule has 1 N–H and O–H groups in total. The summed E-state index contributed by atoms with van der Waals surface area (Å²) < 4.78 is 8.75. The lowest BCUT2D eigenvalue weighted by Gasteiger charge is -2.21. The Kier molecular flexibility index (Phi) is 6.18. The summed E-state index contributed by atoms with van der Waals surface area (Å²) in [6, 6.07) is 0. The van der Waals surface area contributed by atoms with Gasteiger partial charge >= 0.3 is 12.1 Å². The Hall–Kier alpha value is -1.76. The average molecular weight is 262 g/mol. The molecular weight excluding hydrogens is 244 g/mol. The Balaban J connectivity index is 4.12. The quantitative estimate of drug-likeness (QED) is 0.188. The number of rotatable bonds is 7. The zero-order valence-electron chi connectivity index (χ0n) is 10.9. The minimum atomic E-state index is -1.55. The van der Waals surface area contributed by atoms with E-state index in [0.717, 1.165) is 0 Å². The Morgan fingerprint density at radius 1 is 1.33 bits per heavy atom. The van der Waals surface area contributed by atoms with Gasteiger partial charge in [0.1, 0.15) is 5.60 Å². The van der Waals surface area contributed by atoms with Crippen LogP contribution in [0.15, 0.2) is 12.3 Å². The van der Waals surface area contributed by atoms with Gasteiger partial charge in [0.05, 0.1) is 0 Å². The smallest absolute Gasteiger partial charge is 0.450 e. The molecule has 0 aromatic heterocycles. The molecule has 0 radical (unpaired) electrons. The van der Waals surface area contributed by atoms with Crippen LogP contribution < -0.4 is 0 Å². The zero-order valence-corrected chi connectivity index (χ0v) is 10.9. The fourth-order valence-corrected chi connectivity index (χ4v) is 0.639. The van der Waals surface area contributed by atoms with E-state index in [9.17, 15) is 9.59 Å². The maximum atomic E-state index is 11.3. The Labute approximate surface area is 105 Å². The number of carbonyl (C=O) groups is 2. The zero-order chi connectivity index (χ0) is 14.3. The number of esters is 1. The molecule has 0 rings (SSSR count). The van der Waals surface area contributed by atoms with Crippen LogP contribution in [0.3, 0.4) is 0 Å². The van der Waals surface area contributed by atoms with Crippen LogP contribution in [0, 0.1) is 0 Å². The van der Waals surface area contributed by atoms with Crippen LogP contribution in [0.1, 0.15) is 34.1 Å². The van der Waals surface area contributed by atoms with Crippen LogP contribution in [0.2, 0.25) is 0 Å². The lowest BCUT2D eigenvalue weighted by Crippen LogP contribution is -2.26. The van der Waals surface area contributed by atoms with Gasteiger partial charge in [-0.15, -0.1) is 0 Å². The minimum Gasteiger partial charge on any atom is -0.450 e. The second-order valence-corrected chi connectivity index (χ2v) is 4.06. The van der Waals surface area contributed by atoms with Crippen molar-refractivity contribution >= 4 is 12.1 Å². The van der Waals surface area contributed by atoms with Crippen molar-refractivity contribution in [3.63, 3.8) is 0 Å². The fraction of sp³-hybridized carbons (Fsp3) is 0.636. The highest BCUT2D eigenvalue weighted by Gasteiger charge is 2.22. The normalized spacial score (nSPS) is 12.4. The molecule has 0 aliphatic carbocycles. The summed E-state index contributed by atoms with van der Waals surface area (Å²) in [5.41, 5.74) is -0.577. The van der Waals surface area contributed by atoms with Crippen LogP contribution in [0.4, 0.5) is 4.79 Å². The van der Waals surface area contributed by atoms with Gasteiger partial charge in [-0.05, 0) is 26.8 Å². The number of ether oxygens (including phenoxy) is 2. The summed E-state index contributed by atoms with van der Waals surface area (Å²) in [6.07, 6.45) is -2.15. The molecule has 0 bridgehead atoms. The van der Waals surface area contributed by atoms with Gasteiger partial charge in [0.15, 0.2) is 0 Å². The lowest BCUT2D eigenvalue weighted by atomic mass is 10.1. The molecule has 0 saturated carbocycles. The summed E-state index contributed by atoms with van der Waals surface area (Å²) in [6.45, 7) is 9.96. The van der Waals surface area contributed by atoms with E-state index in [1.165, 1.54) is 6.92 Å². The number of carbonyl (C=O) groups excluding carboxylic acids is 1. The molecule has 0 spiro atoms. The molecule has 1 unspecified atom stereocenters. The highest BCUT2D eigenvalue weighted by molar-refractivity contribution is 5.85. The van der Waals surface area contributed by atoms with Gasteiger partial charge < -0.3 is 19.5 Å². The summed E-state index contributed by atoms with van der Waals surface area (Å²) in [5.74, 6) is -1.35. The van der Waals surface area contributed by atoms with Gasteiger partial charge in [-0.1, -0.05) is 6.92 Å². The predicted octanol–water partition coefficient (Wildman–Crippen LogP) is 2.22. The van der Waals surface area contributed by atoms with Gasteiger partial charge in [0.2, 0.25) is 12.0 Å². The molecule has 0 aromatic rings. The molecule has 0 aliphatic rings. The molecule has 0 fully saturated rings. The highest BCUT2D eigenvalue weighted by Crippen LogP contribution is 2.16. The molecule has 0 saturated heterocycles. The van der Waals surface area contributed by atoms with Crippen LogP contribution in [0.5, 0.6) is 0 Å². The second-order valence-electron chi connectivity index (χ2n) is 4.06. The van der Waals surface area contributed by atoms with Gasteiger partial charge in [-0.3, -0.25) is 0 Å². The van der Waals surface area contributed by atoms with Gasteiger partial charge in [-0.25, -0.2) is 9.59 Å². The molecule has 7 nitrogen and oxygen atoms in total. The summed E-state index contributed by atoms with van der Waals surface area (Å²) in [7, 11) is 0.